The van der Waals surface area contributed by atoms with Gasteiger partial charge in [0.1, 0.15) is 5.82 Å². The van der Waals surface area contributed by atoms with Crippen LogP contribution in [-0.4, -0.2) is 31.1 Å². The summed E-state index contributed by atoms with van der Waals surface area (Å²) in [6.45, 7) is 11.8. The molecule has 1 aromatic carbocycles. The highest BCUT2D eigenvalue weighted by Gasteiger charge is 2.26. The van der Waals surface area contributed by atoms with Crippen molar-refractivity contribution < 1.29 is 4.39 Å². The van der Waals surface area contributed by atoms with Gasteiger partial charge in [-0.3, -0.25) is 0 Å². The van der Waals surface area contributed by atoms with Gasteiger partial charge in [0.25, 0.3) is 0 Å². The normalized spacial score (nSPS) is 13.8. The van der Waals surface area contributed by atoms with Crippen LogP contribution in [0.15, 0.2) is 24.3 Å². The van der Waals surface area contributed by atoms with E-state index in [0.29, 0.717) is 6.04 Å². The lowest BCUT2D eigenvalue weighted by molar-refractivity contribution is 0.161. The zero-order valence-corrected chi connectivity index (χ0v) is 12.8. The molecule has 3 heteroatoms. The Labute approximate surface area is 117 Å². The molecule has 0 amide bonds. The minimum Gasteiger partial charge on any atom is -0.314 e. The van der Waals surface area contributed by atoms with Gasteiger partial charge in [-0.05, 0) is 43.6 Å². The fourth-order valence-electron chi connectivity index (χ4n) is 2.37. The van der Waals surface area contributed by atoms with Crippen LogP contribution in [0.3, 0.4) is 0 Å². The summed E-state index contributed by atoms with van der Waals surface area (Å²) < 4.78 is 12.9. The molecule has 0 aliphatic rings. The van der Waals surface area contributed by atoms with Crippen LogP contribution in [0.1, 0.15) is 33.3 Å². The fraction of sp³-hybridized carbons (Fsp3) is 0.625. The number of hydrogen-bond acceptors (Lipinski definition) is 2. The Morgan fingerprint density at radius 2 is 1.84 bits per heavy atom. The summed E-state index contributed by atoms with van der Waals surface area (Å²) in [6.07, 6.45) is 0. The SMILES string of the molecule is CCNC(C)C(C)(C)CN(C)Cc1ccc(F)cc1. The molecule has 108 valence electrons. The molecule has 1 aromatic rings. The standard InChI is InChI=1S/C16H27FN2/c1-6-18-13(2)16(3,4)12-19(5)11-14-7-9-15(17)10-8-14/h7-10,13,18H,6,11-12H2,1-5H3. The first-order valence-corrected chi connectivity index (χ1v) is 7.01. The van der Waals surface area contributed by atoms with Crippen molar-refractivity contribution in [1.82, 2.24) is 10.2 Å². The van der Waals surface area contributed by atoms with Crippen LogP contribution in [0.25, 0.3) is 0 Å². The molecule has 19 heavy (non-hydrogen) atoms. The first kappa shape index (κ1) is 16.1. The lowest BCUT2D eigenvalue weighted by atomic mass is 9.84. The fourth-order valence-corrected chi connectivity index (χ4v) is 2.37. The van der Waals surface area contributed by atoms with Gasteiger partial charge in [-0.15, -0.1) is 0 Å². The maximum atomic E-state index is 12.9. The predicted octanol–water partition coefficient (Wildman–Crippen LogP) is 3.28. The maximum absolute atomic E-state index is 12.9. The Bertz CT molecular complexity index is 373. The summed E-state index contributed by atoms with van der Waals surface area (Å²) >= 11 is 0. The van der Waals surface area contributed by atoms with Crippen molar-refractivity contribution in [2.75, 3.05) is 20.1 Å². The molecule has 0 aliphatic heterocycles. The predicted molar refractivity (Wildman–Crippen MR) is 79.7 cm³/mol. The van der Waals surface area contributed by atoms with Gasteiger partial charge in [0.15, 0.2) is 0 Å². The van der Waals surface area contributed by atoms with Crippen LogP contribution in [-0.2, 0) is 6.54 Å². The molecule has 1 N–H and O–H groups in total. The summed E-state index contributed by atoms with van der Waals surface area (Å²) in [5.41, 5.74) is 1.35. The van der Waals surface area contributed by atoms with Crippen molar-refractivity contribution in [3.63, 3.8) is 0 Å². The van der Waals surface area contributed by atoms with E-state index in [2.05, 4.69) is 45.0 Å². The van der Waals surface area contributed by atoms with Gasteiger partial charge in [-0.1, -0.05) is 32.9 Å². The minimum atomic E-state index is -0.174. The third kappa shape index (κ3) is 5.29. The van der Waals surface area contributed by atoms with E-state index in [1.54, 1.807) is 0 Å². The van der Waals surface area contributed by atoms with E-state index in [1.165, 1.54) is 12.1 Å². The summed E-state index contributed by atoms with van der Waals surface area (Å²) in [4.78, 5) is 2.29. The molecule has 0 radical (unpaired) electrons. The second-order valence-corrected chi connectivity index (χ2v) is 6.07. The van der Waals surface area contributed by atoms with E-state index in [0.717, 1.165) is 25.2 Å². The molecule has 0 fully saturated rings. The molecule has 1 atom stereocenters. The molecule has 0 spiro atoms. The Balaban J connectivity index is 2.54. The number of rotatable bonds is 7. The number of nitrogens with one attached hydrogen (secondary N) is 1. The van der Waals surface area contributed by atoms with Crippen LogP contribution in [0.2, 0.25) is 0 Å². The summed E-state index contributed by atoms with van der Waals surface area (Å²) in [5.74, 6) is -0.174. The largest absolute Gasteiger partial charge is 0.314 e. The van der Waals surface area contributed by atoms with E-state index < -0.39 is 0 Å². The topological polar surface area (TPSA) is 15.3 Å². The molecular weight excluding hydrogens is 239 g/mol. The van der Waals surface area contributed by atoms with Gasteiger partial charge in [0, 0.05) is 19.1 Å². The van der Waals surface area contributed by atoms with Crippen LogP contribution in [0.5, 0.6) is 0 Å². The van der Waals surface area contributed by atoms with Crippen molar-refractivity contribution >= 4 is 0 Å². The van der Waals surface area contributed by atoms with E-state index >= 15 is 0 Å². The van der Waals surface area contributed by atoms with Crippen molar-refractivity contribution in [2.45, 2.75) is 40.3 Å². The first-order chi connectivity index (χ1) is 8.85. The average Bonchev–Trinajstić information content (AvgIpc) is 2.31. The van der Waals surface area contributed by atoms with Crippen LogP contribution in [0, 0.1) is 11.2 Å². The zero-order chi connectivity index (χ0) is 14.5. The highest BCUT2D eigenvalue weighted by Crippen LogP contribution is 2.22. The summed E-state index contributed by atoms with van der Waals surface area (Å²) in [6, 6.07) is 7.22. The quantitative estimate of drug-likeness (QED) is 0.815. The highest BCUT2D eigenvalue weighted by molar-refractivity contribution is 5.15. The first-order valence-electron chi connectivity index (χ1n) is 7.01. The minimum absolute atomic E-state index is 0.174. The number of hydrogen-bond donors (Lipinski definition) is 1. The van der Waals surface area contributed by atoms with Crippen LogP contribution in [0.4, 0.5) is 4.39 Å². The maximum Gasteiger partial charge on any atom is 0.123 e. The third-order valence-electron chi connectivity index (χ3n) is 3.73. The lowest BCUT2D eigenvalue weighted by Crippen LogP contribution is -2.45. The molecule has 0 aliphatic carbocycles. The van der Waals surface area contributed by atoms with Crippen LogP contribution < -0.4 is 5.32 Å². The summed E-state index contributed by atoms with van der Waals surface area (Å²) in [5, 5.41) is 3.49. The van der Waals surface area contributed by atoms with E-state index in [1.807, 2.05) is 12.1 Å². The number of benzene rings is 1. The molecular formula is C16H27FN2. The third-order valence-corrected chi connectivity index (χ3v) is 3.73. The van der Waals surface area contributed by atoms with Crippen molar-refractivity contribution in [1.29, 1.82) is 0 Å². The molecule has 0 heterocycles. The Kier molecular flexibility index (Phi) is 5.95. The molecule has 0 saturated carbocycles. The second kappa shape index (κ2) is 7.01. The Hall–Kier alpha value is -0.930. The molecule has 2 nitrogen and oxygen atoms in total. The Morgan fingerprint density at radius 1 is 1.26 bits per heavy atom. The summed E-state index contributed by atoms with van der Waals surface area (Å²) in [7, 11) is 2.11. The van der Waals surface area contributed by atoms with Crippen LogP contribution >= 0.6 is 0 Å². The lowest BCUT2D eigenvalue weighted by Gasteiger charge is -2.36. The molecule has 1 rings (SSSR count). The van der Waals surface area contributed by atoms with Crippen molar-refractivity contribution in [3.05, 3.63) is 35.6 Å². The van der Waals surface area contributed by atoms with E-state index in [-0.39, 0.29) is 11.2 Å². The van der Waals surface area contributed by atoms with E-state index in [4.69, 9.17) is 0 Å². The molecule has 1 unspecified atom stereocenters. The molecule has 0 aromatic heterocycles. The average molecular weight is 266 g/mol. The number of halogens is 1. The monoisotopic (exact) mass is 266 g/mol. The van der Waals surface area contributed by atoms with Gasteiger partial charge in [0.05, 0.1) is 0 Å². The van der Waals surface area contributed by atoms with Gasteiger partial charge < -0.3 is 10.2 Å². The number of nitrogens with zero attached hydrogens (tertiary/aromatic N) is 1. The van der Waals surface area contributed by atoms with Gasteiger partial charge in [0.2, 0.25) is 0 Å². The van der Waals surface area contributed by atoms with Gasteiger partial charge in [-0.25, -0.2) is 4.39 Å². The van der Waals surface area contributed by atoms with E-state index in [9.17, 15) is 4.39 Å². The van der Waals surface area contributed by atoms with Gasteiger partial charge in [-0.2, -0.15) is 0 Å². The molecule has 0 bridgehead atoms. The smallest absolute Gasteiger partial charge is 0.123 e. The van der Waals surface area contributed by atoms with Crippen molar-refractivity contribution in [3.8, 4) is 0 Å². The zero-order valence-electron chi connectivity index (χ0n) is 12.8. The Morgan fingerprint density at radius 3 is 2.37 bits per heavy atom. The second-order valence-electron chi connectivity index (χ2n) is 6.07. The van der Waals surface area contributed by atoms with Gasteiger partial charge >= 0.3 is 0 Å². The van der Waals surface area contributed by atoms with Crippen molar-refractivity contribution in [2.24, 2.45) is 5.41 Å². The highest BCUT2D eigenvalue weighted by atomic mass is 19.1. The molecule has 0 saturated heterocycles.